The number of likely N-dealkylation sites (tertiary alicyclic amines) is 1. The van der Waals surface area contributed by atoms with Crippen LogP contribution in [0.1, 0.15) is 48.8 Å². The van der Waals surface area contributed by atoms with Gasteiger partial charge in [0, 0.05) is 30.1 Å². The molecule has 0 unspecified atom stereocenters. The summed E-state index contributed by atoms with van der Waals surface area (Å²) in [6.45, 7) is 1.94. The van der Waals surface area contributed by atoms with Gasteiger partial charge in [-0.25, -0.2) is 0 Å². The van der Waals surface area contributed by atoms with E-state index in [4.69, 9.17) is 16.3 Å². The number of carboxylic acid groups (broad SMARTS) is 1. The zero-order chi connectivity index (χ0) is 28.7. The van der Waals surface area contributed by atoms with Crippen LogP contribution in [-0.4, -0.2) is 47.7 Å². The van der Waals surface area contributed by atoms with Crippen LogP contribution >= 0.6 is 11.6 Å². The van der Waals surface area contributed by atoms with Crippen LogP contribution in [0, 0.1) is 23.7 Å². The van der Waals surface area contributed by atoms with Crippen LogP contribution in [0.5, 0.6) is 5.75 Å². The van der Waals surface area contributed by atoms with Gasteiger partial charge in [-0.3, -0.25) is 14.7 Å². The van der Waals surface area contributed by atoms with Crippen molar-refractivity contribution in [3.8, 4) is 17.6 Å². The summed E-state index contributed by atoms with van der Waals surface area (Å²) in [7, 11) is 1.65. The maximum absolute atomic E-state index is 13.1. The van der Waals surface area contributed by atoms with Crippen molar-refractivity contribution < 1.29 is 27.8 Å². The molecule has 0 radical (unpaired) electrons. The van der Waals surface area contributed by atoms with Gasteiger partial charge in [-0.15, -0.1) is 0 Å². The van der Waals surface area contributed by atoms with Gasteiger partial charge in [-0.1, -0.05) is 23.4 Å². The Hall–Kier alpha value is -3.28. The normalized spacial score (nSPS) is 17.8. The van der Waals surface area contributed by atoms with Gasteiger partial charge in [-0.05, 0) is 98.5 Å². The van der Waals surface area contributed by atoms with Crippen molar-refractivity contribution in [2.75, 3.05) is 26.7 Å². The highest BCUT2D eigenvalue weighted by Gasteiger charge is 2.33. The summed E-state index contributed by atoms with van der Waals surface area (Å²) in [4.78, 5) is 17.9. The summed E-state index contributed by atoms with van der Waals surface area (Å²) >= 11 is 5.70. The molecule has 1 N–H and O–H groups in total. The van der Waals surface area contributed by atoms with E-state index in [0.29, 0.717) is 18.9 Å². The lowest BCUT2D eigenvalue weighted by atomic mass is 9.79. The lowest BCUT2D eigenvalue weighted by molar-refractivity contribution is -0.138. The second-order valence-electron chi connectivity index (χ2n) is 10.2. The van der Waals surface area contributed by atoms with Gasteiger partial charge in [0.15, 0.2) is 0 Å². The predicted molar refractivity (Wildman–Crippen MR) is 149 cm³/mol. The van der Waals surface area contributed by atoms with Gasteiger partial charge >= 0.3 is 12.1 Å². The molecule has 0 bridgehead atoms. The van der Waals surface area contributed by atoms with Crippen LogP contribution in [0.15, 0.2) is 48.7 Å². The van der Waals surface area contributed by atoms with Gasteiger partial charge in [0.1, 0.15) is 5.75 Å². The first kappa shape index (κ1) is 29.7. The van der Waals surface area contributed by atoms with E-state index >= 15 is 0 Å². The Bertz CT molecular complexity index is 1400. The van der Waals surface area contributed by atoms with E-state index in [-0.39, 0.29) is 22.9 Å². The first-order valence-corrected chi connectivity index (χ1v) is 13.7. The molecule has 0 amide bonds. The van der Waals surface area contributed by atoms with E-state index in [1.165, 1.54) is 17.7 Å². The SMILES string of the molecule is COc1ccc2nccc(CCC[C@@H]3CCN(CC#Cc4ccc(Cl)c(C(F)(F)F)c4)C[C@@H]3CCC(=O)O)c2c1. The van der Waals surface area contributed by atoms with E-state index in [1.807, 2.05) is 30.5 Å². The summed E-state index contributed by atoms with van der Waals surface area (Å²) < 4.78 is 44.8. The molecule has 0 aliphatic carbocycles. The second kappa shape index (κ2) is 13.4. The largest absolute Gasteiger partial charge is 0.497 e. The second-order valence-corrected chi connectivity index (χ2v) is 10.6. The van der Waals surface area contributed by atoms with Crippen molar-refractivity contribution in [2.24, 2.45) is 11.8 Å². The molecule has 2 aromatic carbocycles. The lowest BCUT2D eigenvalue weighted by Gasteiger charge is -2.38. The van der Waals surface area contributed by atoms with Crippen LogP contribution in [0.3, 0.4) is 0 Å². The zero-order valence-corrected chi connectivity index (χ0v) is 23.1. The lowest BCUT2D eigenvalue weighted by Crippen LogP contribution is -2.41. The summed E-state index contributed by atoms with van der Waals surface area (Å²) in [5.41, 5.74) is 1.51. The highest BCUT2D eigenvalue weighted by atomic mass is 35.5. The molecule has 4 rings (SSSR count). The minimum absolute atomic E-state index is 0.112. The summed E-state index contributed by atoms with van der Waals surface area (Å²) in [5, 5.41) is 10.0. The van der Waals surface area contributed by atoms with E-state index in [9.17, 15) is 23.1 Å². The van der Waals surface area contributed by atoms with Gasteiger partial charge in [0.2, 0.25) is 0 Å². The van der Waals surface area contributed by atoms with Gasteiger partial charge < -0.3 is 9.84 Å². The Balaban J connectivity index is 1.37. The average Bonchev–Trinajstić information content (AvgIpc) is 2.92. The van der Waals surface area contributed by atoms with Crippen molar-refractivity contribution in [3.05, 3.63) is 70.4 Å². The Morgan fingerprint density at radius 2 is 2.00 bits per heavy atom. The number of aryl methyl sites for hydroxylation is 1. The fourth-order valence-electron chi connectivity index (χ4n) is 5.47. The maximum Gasteiger partial charge on any atom is 0.417 e. The fraction of sp³-hybridized carbons (Fsp3) is 0.419. The molecule has 5 nitrogen and oxygen atoms in total. The van der Waals surface area contributed by atoms with Crippen LogP contribution < -0.4 is 4.74 Å². The monoisotopic (exact) mass is 572 g/mol. The number of aliphatic carboxylic acids is 1. The number of ether oxygens (including phenoxy) is 1. The number of alkyl halides is 3. The highest BCUT2D eigenvalue weighted by Crippen LogP contribution is 2.35. The molecule has 1 aliphatic heterocycles. The Labute approximate surface area is 237 Å². The summed E-state index contributed by atoms with van der Waals surface area (Å²) in [5.74, 6) is 6.42. The number of halogens is 4. The number of nitrogens with zero attached hydrogens (tertiary/aromatic N) is 2. The zero-order valence-electron chi connectivity index (χ0n) is 22.3. The average molecular weight is 573 g/mol. The summed E-state index contributed by atoms with van der Waals surface area (Å²) in [6, 6.07) is 11.6. The first-order valence-electron chi connectivity index (χ1n) is 13.4. The molecular formula is C31H32ClF3N2O3. The van der Waals surface area contributed by atoms with Crippen LogP contribution in [0.25, 0.3) is 10.9 Å². The summed E-state index contributed by atoms with van der Waals surface area (Å²) in [6.07, 6.45) is 1.77. The Morgan fingerprint density at radius 3 is 2.75 bits per heavy atom. The van der Waals surface area contributed by atoms with E-state index in [0.717, 1.165) is 61.5 Å². The van der Waals surface area contributed by atoms with Gasteiger partial charge in [0.25, 0.3) is 0 Å². The third-order valence-electron chi connectivity index (χ3n) is 7.57. The van der Waals surface area contributed by atoms with Gasteiger partial charge in [0.05, 0.1) is 29.8 Å². The van der Waals surface area contributed by atoms with Crippen molar-refractivity contribution in [1.29, 1.82) is 0 Å². The molecule has 40 heavy (non-hydrogen) atoms. The molecular weight excluding hydrogens is 541 g/mol. The number of hydrogen-bond acceptors (Lipinski definition) is 4. The predicted octanol–water partition coefficient (Wildman–Crippen LogP) is 7.09. The minimum Gasteiger partial charge on any atom is -0.497 e. The maximum atomic E-state index is 13.1. The van der Waals surface area contributed by atoms with Crippen LogP contribution in [0.4, 0.5) is 13.2 Å². The molecule has 212 valence electrons. The number of rotatable bonds is 9. The van der Waals surface area contributed by atoms with Crippen molar-refractivity contribution in [2.45, 2.75) is 44.7 Å². The van der Waals surface area contributed by atoms with Crippen LogP contribution in [-0.2, 0) is 17.4 Å². The molecule has 3 aromatic rings. The quantitative estimate of drug-likeness (QED) is 0.277. The van der Waals surface area contributed by atoms with E-state index < -0.39 is 17.7 Å². The molecule has 1 aliphatic rings. The minimum atomic E-state index is -4.54. The molecule has 1 fully saturated rings. The number of carboxylic acids is 1. The van der Waals surface area contributed by atoms with E-state index in [1.54, 1.807) is 7.11 Å². The third kappa shape index (κ3) is 7.89. The standard InChI is InChI=1S/C31H32ClF3N2O3/c1-40-25-9-11-29-26(19-25)23(13-15-36-29)6-2-5-22-14-17-37(20-24(22)8-12-30(38)39)16-3-4-21-7-10-28(32)27(18-21)31(33,34)35/h7,9-11,13,15,18-19,22,24H,2,5-6,8,12,14,16-17,20H2,1H3,(H,38,39)/t22-,24+/m1/s1. The fourth-order valence-corrected chi connectivity index (χ4v) is 5.70. The van der Waals surface area contributed by atoms with Gasteiger partial charge in [-0.2, -0.15) is 13.2 Å². The Morgan fingerprint density at radius 1 is 1.18 bits per heavy atom. The molecule has 9 heteroatoms. The van der Waals surface area contributed by atoms with Crippen molar-refractivity contribution in [3.63, 3.8) is 0 Å². The number of aromatic nitrogens is 1. The molecule has 2 atom stereocenters. The number of benzene rings is 2. The van der Waals surface area contributed by atoms with Crippen molar-refractivity contribution >= 4 is 28.5 Å². The highest BCUT2D eigenvalue weighted by molar-refractivity contribution is 6.31. The smallest absolute Gasteiger partial charge is 0.417 e. The molecule has 1 aromatic heterocycles. The molecule has 2 heterocycles. The number of fused-ring (bicyclic) bond motifs is 1. The number of carbonyl (C=O) groups is 1. The molecule has 1 saturated heterocycles. The first-order chi connectivity index (χ1) is 19.1. The number of hydrogen-bond donors (Lipinski definition) is 1. The van der Waals surface area contributed by atoms with Crippen molar-refractivity contribution in [1.82, 2.24) is 9.88 Å². The number of piperidine rings is 1. The number of methoxy groups -OCH3 is 1. The molecule has 0 saturated carbocycles. The van der Waals surface area contributed by atoms with E-state index in [2.05, 4.69) is 21.7 Å². The Kier molecular flexibility index (Phi) is 9.94. The third-order valence-corrected chi connectivity index (χ3v) is 7.90. The van der Waals surface area contributed by atoms with Crippen LogP contribution in [0.2, 0.25) is 5.02 Å². The number of pyridine rings is 1. The topological polar surface area (TPSA) is 62.7 Å². The molecule has 0 spiro atoms.